The van der Waals surface area contributed by atoms with Crippen molar-refractivity contribution in [1.82, 2.24) is 9.66 Å². The second kappa shape index (κ2) is 8.43. The van der Waals surface area contributed by atoms with E-state index in [1.54, 1.807) is 12.1 Å². The largest absolute Gasteiger partial charge is 0.424 e. The van der Waals surface area contributed by atoms with E-state index < -0.39 is 5.97 Å². The lowest BCUT2D eigenvalue weighted by molar-refractivity contribution is -0.131. The molecule has 0 saturated carbocycles. The Hall–Kier alpha value is -2.22. The van der Waals surface area contributed by atoms with Gasteiger partial charge in [0.2, 0.25) is 0 Å². The number of aryl methyl sites for hydroxylation is 1. The summed E-state index contributed by atoms with van der Waals surface area (Å²) in [4.78, 5) is 28.5. The van der Waals surface area contributed by atoms with Crippen molar-refractivity contribution in [1.29, 1.82) is 0 Å². The maximum Gasteiger partial charge on any atom is 0.308 e. The standard InChI is InChI=1S/C19H14BrCl2N3O3/c1-3-17-24-16-5-4-12(20)8-13(16)19(27)25(17)23-9-11-6-14(21)18(15(22)7-11)28-10(2)26/h4-9H,3H2,1-2H3. The fraction of sp³-hybridized carbons (Fsp3) is 0.158. The SMILES string of the molecule is CCc1nc2ccc(Br)cc2c(=O)n1N=Cc1cc(Cl)c(OC(C)=O)c(Cl)c1. The Kier molecular flexibility index (Phi) is 6.17. The third-order valence-corrected chi connectivity index (χ3v) is 4.84. The highest BCUT2D eigenvalue weighted by Crippen LogP contribution is 2.34. The van der Waals surface area contributed by atoms with E-state index in [2.05, 4.69) is 26.0 Å². The van der Waals surface area contributed by atoms with Crippen LogP contribution in [0.4, 0.5) is 0 Å². The summed E-state index contributed by atoms with van der Waals surface area (Å²) in [5.74, 6) is 0.0687. The van der Waals surface area contributed by atoms with Gasteiger partial charge in [0, 0.05) is 17.8 Å². The Bertz CT molecular complexity index is 1150. The van der Waals surface area contributed by atoms with Crippen molar-refractivity contribution in [3.8, 4) is 5.75 Å². The van der Waals surface area contributed by atoms with Gasteiger partial charge in [0.1, 0.15) is 5.82 Å². The van der Waals surface area contributed by atoms with Crippen LogP contribution in [0.5, 0.6) is 5.75 Å². The van der Waals surface area contributed by atoms with Gasteiger partial charge in [-0.15, -0.1) is 0 Å². The third-order valence-electron chi connectivity index (χ3n) is 3.78. The summed E-state index contributed by atoms with van der Waals surface area (Å²) in [5.41, 5.74) is 0.857. The van der Waals surface area contributed by atoms with Crippen LogP contribution in [0.2, 0.25) is 10.0 Å². The summed E-state index contributed by atoms with van der Waals surface area (Å²) in [7, 11) is 0. The highest BCUT2D eigenvalue weighted by atomic mass is 79.9. The normalized spacial score (nSPS) is 11.3. The van der Waals surface area contributed by atoms with Crippen LogP contribution < -0.4 is 10.3 Å². The first-order valence-corrected chi connectivity index (χ1v) is 9.78. The number of halogens is 3. The smallest absolute Gasteiger partial charge is 0.308 e. The van der Waals surface area contributed by atoms with Crippen molar-refractivity contribution >= 4 is 62.2 Å². The molecule has 144 valence electrons. The Morgan fingerprint density at radius 2 is 1.96 bits per heavy atom. The molecule has 3 aromatic rings. The Labute approximate surface area is 178 Å². The van der Waals surface area contributed by atoms with Gasteiger partial charge in [0.25, 0.3) is 5.56 Å². The number of ether oxygens (including phenoxy) is 1. The van der Waals surface area contributed by atoms with Crippen molar-refractivity contribution in [2.45, 2.75) is 20.3 Å². The zero-order valence-electron chi connectivity index (χ0n) is 14.9. The number of fused-ring (bicyclic) bond motifs is 1. The second-order valence-electron chi connectivity index (χ2n) is 5.81. The first kappa shape index (κ1) is 20.5. The van der Waals surface area contributed by atoms with Gasteiger partial charge in [-0.25, -0.2) is 4.98 Å². The molecule has 9 heteroatoms. The average molecular weight is 483 g/mol. The predicted octanol–water partition coefficient (Wildman–Crippen LogP) is 4.84. The lowest BCUT2D eigenvalue weighted by Crippen LogP contribution is -2.22. The molecule has 0 aliphatic carbocycles. The average Bonchev–Trinajstić information content (AvgIpc) is 2.64. The number of carbonyl (C=O) groups is 1. The molecule has 0 saturated heterocycles. The van der Waals surface area contributed by atoms with Crippen LogP contribution in [-0.4, -0.2) is 21.8 Å². The van der Waals surface area contributed by atoms with Crippen molar-refractivity contribution in [2.24, 2.45) is 5.10 Å². The molecule has 0 unspecified atom stereocenters. The van der Waals surface area contributed by atoms with E-state index in [4.69, 9.17) is 27.9 Å². The van der Waals surface area contributed by atoms with Crippen molar-refractivity contribution in [3.05, 3.63) is 66.6 Å². The summed E-state index contributed by atoms with van der Waals surface area (Å²) in [6, 6.07) is 8.39. The lowest BCUT2D eigenvalue weighted by atomic mass is 10.2. The van der Waals surface area contributed by atoms with Gasteiger partial charge < -0.3 is 4.74 Å². The number of nitrogens with zero attached hydrogens (tertiary/aromatic N) is 3. The Balaban J connectivity index is 2.07. The van der Waals surface area contributed by atoms with E-state index in [-0.39, 0.29) is 21.4 Å². The fourth-order valence-electron chi connectivity index (χ4n) is 2.56. The number of benzene rings is 2. The minimum absolute atomic E-state index is 0.0802. The van der Waals surface area contributed by atoms with Gasteiger partial charge in [-0.2, -0.15) is 9.78 Å². The predicted molar refractivity (Wildman–Crippen MR) is 114 cm³/mol. The molecule has 0 amide bonds. The summed E-state index contributed by atoms with van der Waals surface area (Å²) in [5, 5.41) is 5.04. The van der Waals surface area contributed by atoms with Crippen LogP contribution in [-0.2, 0) is 11.2 Å². The van der Waals surface area contributed by atoms with Crippen molar-refractivity contribution < 1.29 is 9.53 Å². The first-order chi connectivity index (χ1) is 13.3. The topological polar surface area (TPSA) is 73.6 Å². The fourth-order valence-corrected chi connectivity index (χ4v) is 3.50. The maximum absolute atomic E-state index is 12.9. The number of hydrogen-bond acceptors (Lipinski definition) is 5. The molecule has 3 rings (SSSR count). The van der Waals surface area contributed by atoms with Gasteiger partial charge in [-0.05, 0) is 35.9 Å². The maximum atomic E-state index is 12.9. The quantitative estimate of drug-likeness (QED) is 0.303. The van der Waals surface area contributed by atoms with Gasteiger partial charge in [0.05, 0.1) is 27.2 Å². The molecule has 2 aromatic carbocycles. The van der Waals surface area contributed by atoms with E-state index in [0.29, 0.717) is 28.7 Å². The van der Waals surface area contributed by atoms with E-state index in [9.17, 15) is 9.59 Å². The summed E-state index contributed by atoms with van der Waals surface area (Å²) in [6.07, 6.45) is 1.97. The van der Waals surface area contributed by atoms with E-state index in [1.165, 1.54) is 29.9 Å². The molecule has 0 aliphatic heterocycles. The van der Waals surface area contributed by atoms with E-state index in [0.717, 1.165) is 4.47 Å². The zero-order chi connectivity index (χ0) is 20.4. The summed E-state index contributed by atoms with van der Waals surface area (Å²) >= 11 is 15.6. The minimum Gasteiger partial charge on any atom is -0.424 e. The van der Waals surface area contributed by atoms with Crippen molar-refractivity contribution in [3.63, 3.8) is 0 Å². The molecule has 1 heterocycles. The summed E-state index contributed by atoms with van der Waals surface area (Å²) < 4.78 is 7.01. The van der Waals surface area contributed by atoms with Crippen LogP contribution in [0, 0.1) is 0 Å². The lowest BCUT2D eigenvalue weighted by Gasteiger charge is -2.09. The number of rotatable bonds is 4. The number of aromatic nitrogens is 2. The minimum atomic E-state index is -0.530. The highest BCUT2D eigenvalue weighted by molar-refractivity contribution is 9.10. The molecule has 0 aliphatic rings. The van der Waals surface area contributed by atoms with Crippen LogP contribution >= 0.6 is 39.1 Å². The van der Waals surface area contributed by atoms with Gasteiger partial charge in [0.15, 0.2) is 5.75 Å². The Morgan fingerprint density at radius 3 is 2.57 bits per heavy atom. The van der Waals surface area contributed by atoms with Crippen molar-refractivity contribution in [2.75, 3.05) is 0 Å². The van der Waals surface area contributed by atoms with Crippen LogP contribution in [0.1, 0.15) is 25.2 Å². The molecular weight excluding hydrogens is 469 g/mol. The third kappa shape index (κ3) is 4.27. The number of esters is 1. The molecule has 0 bridgehead atoms. The molecule has 0 atom stereocenters. The molecule has 0 fully saturated rings. The molecular formula is C19H14BrCl2N3O3. The zero-order valence-corrected chi connectivity index (χ0v) is 18.0. The van der Waals surface area contributed by atoms with Gasteiger partial charge in [-0.3, -0.25) is 9.59 Å². The molecule has 6 nitrogen and oxygen atoms in total. The van der Waals surface area contributed by atoms with Crippen LogP contribution in [0.25, 0.3) is 10.9 Å². The van der Waals surface area contributed by atoms with E-state index >= 15 is 0 Å². The monoisotopic (exact) mass is 481 g/mol. The van der Waals surface area contributed by atoms with Gasteiger partial charge in [-0.1, -0.05) is 46.1 Å². The number of hydrogen-bond donors (Lipinski definition) is 0. The second-order valence-corrected chi connectivity index (χ2v) is 7.54. The first-order valence-electron chi connectivity index (χ1n) is 8.23. The summed E-state index contributed by atoms with van der Waals surface area (Å²) in [6.45, 7) is 3.14. The van der Waals surface area contributed by atoms with Gasteiger partial charge >= 0.3 is 5.97 Å². The van der Waals surface area contributed by atoms with Crippen LogP contribution in [0.15, 0.2) is 44.7 Å². The molecule has 28 heavy (non-hydrogen) atoms. The highest BCUT2D eigenvalue weighted by Gasteiger charge is 2.12. The Morgan fingerprint density at radius 1 is 1.29 bits per heavy atom. The number of carbonyl (C=O) groups excluding carboxylic acids is 1. The molecule has 0 radical (unpaired) electrons. The molecule has 0 spiro atoms. The van der Waals surface area contributed by atoms with E-state index in [1.807, 2.05) is 13.0 Å². The molecule has 1 aromatic heterocycles. The van der Waals surface area contributed by atoms with Crippen LogP contribution in [0.3, 0.4) is 0 Å². The molecule has 0 N–H and O–H groups in total.